The van der Waals surface area contributed by atoms with Gasteiger partial charge in [0, 0.05) is 5.69 Å². The van der Waals surface area contributed by atoms with Gasteiger partial charge < -0.3 is 5.32 Å². The topological polar surface area (TPSA) is 87.3 Å². The summed E-state index contributed by atoms with van der Waals surface area (Å²) in [5.41, 5.74) is 2.87. The molecule has 1 aliphatic carbocycles. The largest absolute Gasteiger partial charge is 0.317 e. The predicted molar refractivity (Wildman–Crippen MR) is 107 cm³/mol. The second-order valence-corrected chi connectivity index (χ2v) is 12.3. The second kappa shape index (κ2) is 6.89. The fourth-order valence-corrected chi connectivity index (χ4v) is 5.48. The van der Waals surface area contributed by atoms with Gasteiger partial charge in [-0.1, -0.05) is 6.07 Å². The fraction of sp³-hybridized carbons (Fsp3) is 0.667. The smallest absolute Gasteiger partial charge is 0.229 e. The Hall–Kier alpha value is -0.960. The normalized spacial score (nSPS) is 23.6. The Morgan fingerprint density at radius 3 is 2.46 bits per heavy atom. The van der Waals surface area contributed by atoms with Crippen LogP contribution in [0.15, 0.2) is 18.2 Å². The van der Waals surface area contributed by atoms with Gasteiger partial charge in [0.1, 0.15) is 0 Å². The van der Waals surface area contributed by atoms with Crippen molar-refractivity contribution in [3.8, 4) is 0 Å². The number of hydrogen-bond donors (Lipinski definition) is 3. The lowest BCUT2D eigenvalue weighted by Gasteiger charge is -2.40. The van der Waals surface area contributed by atoms with E-state index in [-0.39, 0.29) is 16.2 Å². The summed E-state index contributed by atoms with van der Waals surface area (Å²) in [7, 11) is -4.53. The summed E-state index contributed by atoms with van der Waals surface area (Å²) in [6.07, 6.45) is 4.10. The van der Waals surface area contributed by atoms with Crippen molar-refractivity contribution in [2.75, 3.05) is 24.1 Å². The number of sulfonamides is 1. The average molecular weight is 400 g/mol. The minimum Gasteiger partial charge on any atom is -0.317 e. The van der Waals surface area contributed by atoms with Gasteiger partial charge in [0.25, 0.3) is 0 Å². The maximum atomic E-state index is 12.8. The highest BCUT2D eigenvalue weighted by Gasteiger charge is 2.47. The molecular formula is C18H29N3O3S2. The molecule has 0 bridgehead atoms. The number of hydrogen-bond acceptors (Lipinski definition) is 4. The van der Waals surface area contributed by atoms with Gasteiger partial charge in [-0.15, -0.1) is 0 Å². The molecule has 1 spiro atoms. The summed E-state index contributed by atoms with van der Waals surface area (Å²) in [5.74, 6) is 0. The zero-order valence-corrected chi connectivity index (χ0v) is 17.5. The molecule has 0 aromatic heterocycles. The molecule has 3 N–H and O–H groups in total. The molecule has 1 saturated heterocycles. The number of anilines is 1. The van der Waals surface area contributed by atoms with Gasteiger partial charge in [0.05, 0.1) is 28.0 Å². The third-order valence-corrected chi connectivity index (χ3v) is 7.46. The van der Waals surface area contributed by atoms with Crippen LogP contribution < -0.4 is 14.8 Å². The molecule has 0 radical (unpaired) electrons. The van der Waals surface area contributed by atoms with Gasteiger partial charge in [-0.2, -0.15) is 0 Å². The van der Waals surface area contributed by atoms with Gasteiger partial charge in [-0.25, -0.2) is 17.3 Å². The monoisotopic (exact) mass is 399 g/mol. The maximum Gasteiger partial charge on any atom is 0.229 e. The van der Waals surface area contributed by atoms with E-state index in [0.717, 1.165) is 44.2 Å². The van der Waals surface area contributed by atoms with Crippen molar-refractivity contribution < 1.29 is 12.6 Å². The molecule has 3 rings (SSSR count). The minimum atomic E-state index is -3.33. The first-order chi connectivity index (χ1) is 12.0. The second-order valence-electron chi connectivity index (χ2n) is 8.51. The molecule has 6 nitrogen and oxygen atoms in total. The molecule has 1 fully saturated rings. The summed E-state index contributed by atoms with van der Waals surface area (Å²) < 4.78 is 41.6. The van der Waals surface area contributed by atoms with E-state index in [1.54, 1.807) is 0 Å². The molecule has 0 amide bonds. The standard InChI is InChI=1S/C18H29N3O3S2/c1-17(2,3)25(22)20-16-15-11-14(21-26(4,23)24)6-5-13(15)12-18(16)7-9-19-10-8-18/h5-6,11,16,19-21H,7-10,12H2,1-4H3/t16-,25?/m1/s1. The van der Waals surface area contributed by atoms with Crippen LogP contribution in [-0.2, 0) is 27.4 Å². The third-order valence-electron chi connectivity index (χ3n) is 5.30. The van der Waals surface area contributed by atoms with E-state index < -0.39 is 21.0 Å². The molecule has 2 atom stereocenters. The summed E-state index contributed by atoms with van der Waals surface area (Å²) in [6.45, 7) is 7.78. The van der Waals surface area contributed by atoms with E-state index in [2.05, 4.69) is 14.8 Å². The molecule has 26 heavy (non-hydrogen) atoms. The Morgan fingerprint density at radius 2 is 1.88 bits per heavy atom. The van der Waals surface area contributed by atoms with E-state index >= 15 is 0 Å². The highest BCUT2D eigenvalue weighted by Crippen LogP contribution is 2.52. The summed E-state index contributed by atoms with van der Waals surface area (Å²) in [6, 6.07) is 5.69. The molecule has 2 aliphatic rings. The van der Waals surface area contributed by atoms with Crippen molar-refractivity contribution in [2.45, 2.75) is 50.8 Å². The molecule has 0 saturated carbocycles. The molecular weight excluding hydrogens is 370 g/mol. The van der Waals surface area contributed by atoms with Gasteiger partial charge in [-0.05, 0) is 81.8 Å². The van der Waals surface area contributed by atoms with E-state index in [4.69, 9.17) is 0 Å². The quantitative estimate of drug-likeness (QED) is 0.723. The van der Waals surface area contributed by atoms with Crippen LogP contribution in [0.4, 0.5) is 5.69 Å². The van der Waals surface area contributed by atoms with E-state index in [1.165, 1.54) is 5.56 Å². The Morgan fingerprint density at radius 1 is 1.23 bits per heavy atom. The highest BCUT2D eigenvalue weighted by atomic mass is 32.2. The van der Waals surface area contributed by atoms with Crippen molar-refractivity contribution in [1.82, 2.24) is 10.0 Å². The van der Waals surface area contributed by atoms with Crippen molar-refractivity contribution >= 4 is 26.7 Å². The first-order valence-electron chi connectivity index (χ1n) is 9.00. The Labute approximate surface area is 159 Å². The lowest BCUT2D eigenvalue weighted by Crippen LogP contribution is -2.46. The van der Waals surface area contributed by atoms with Crippen LogP contribution in [0.5, 0.6) is 0 Å². The third kappa shape index (κ3) is 4.13. The van der Waals surface area contributed by atoms with E-state index in [0.29, 0.717) is 5.69 Å². The first-order valence-corrected chi connectivity index (χ1v) is 12.0. The Balaban J connectivity index is 1.99. The van der Waals surface area contributed by atoms with E-state index in [1.807, 2.05) is 39.0 Å². The minimum absolute atomic E-state index is 0.0260. The van der Waals surface area contributed by atoms with Crippen molar-refractivity contribution in [2.24, 2.45) is 5.41 Å². The molecule has 1 aliphatic heterocycles. The van der Waals surface area contributed by atoms with Crippen molar-refractivity contribution in [3.05, 3.63) is 29.3 Å². The first kappa shape index (κ1) is 19.8. The summed E-state index contributed by atoms with van der Waals surface area (Å²) in [4.78, 5) is 0. The van der Waals surface area contributed by atoms with Crippen LogP contribution in [-0.4, -0.2) is 36.7 Å². The SMILES string of the molecule is CC(C)(C)S(=O)N[C@@H]1c2cc(NS(C)(=O)=O)ccc2CC12CCNCC2. The van der Waals surface area contributed by atoms with Crippen LogP contribution in [0, 0.1) is 5.41 Å². The van der Waals surface area contributed by atoms with E-state index in [9.17, 15) is 12.6 Å². The molecule has 146 valence electrons. The summed E-state index contributed by atoms with van der Waals surface area (Å²) in [5, 5.41) is 3.41. The van der Waals surface area contributed by atoms with Crippen LogP contribution in [0.2, 0.25) is 0 Å². The molecule has 1 aromatic carbocycles. The number of nitrogens with one attached hydrogen (secondary N) is 3. The number of piperidine rings is 1. The molecule has 1 unspecified atom stereocenters. The lowest BCUT2D eigenvalue weighted by molar-refractivity contribution is 0.165. The van der Waals surface area contributed by atoms with Gasteiger partial charge in [-0.3, -0.25) is 4.72 Å². The van der Waals surface area contributed by atoms with Crippen LogP contribution >= 0.6 is 0 Å². The van der Waals surface area contributed by atoms with Crippen molar-refractivity contribution in [1.29, 1.82) is 0 Å². The molecule has 1 heterocycles. The van der Waals surface area contributed by atoms with Crippen molar-refractivity contribution in [3.63, 3.8) is 0 Å². The van der Waals surface area contributed by atoms with Gasteiger partial charge in [0.15, 0.2) is 0 Å². The van der Waals surface area contributed by atoms with Crippen LogP contribution in [0.25, 0.3) is 0 Å². The van der Waals surface area contributed by atoms with Gasteiger partial charge in [0.2, 0.25) is 10.0 Å². The maximum absolute atomic E-state index is 12.8. The zero-order valence-electron chi connectivity index (χ0n) is 15.9. The zero-order chi connectivity index (χ0) is 19.2. The number of fused-ring (bicyclic) bond motifs is 1. The number of benzene rings is 1. The average Bonchev–Trinajstić information content (AvgIpc) is 2.79. The number of rotatable bonds is 4. The summed E-state index contributed by atoms with van der Waals surface area (Å²) >= 11 is 0. The predicted octanol–water partition coefficient (Wildman–Crippen LogP) is 2.08. The lowest BCUT2D eigenvalue weighted by atomic mass is 9.73. The fourth-order valence-electron chi connectivity index (χ4n) is 3.98. The Kier molecular flexibility index (Phi) is 5.24. The van der Waals surface area contributed by atoms with Gasteiger partial charge >= 0.3 is 0 Å². The molecule has 1 aromatic rings. The van der Waals surface area contributed by atoms with Crippen LogP contribution in [0.1, 0.15) is 50.8 Å². The van der Waals surface area contributed by atoms with Crippen LogP contribution in [0.3, 0.4) is 0 Å². The molecule has 8 heteroatoms. The highest BCUT2D eigenvalue weighted by molar-refractivity contribution is 7.92. The Bertz CT molecular complexity index is 809.